The quantitative estimate of drug-likeness (QED) is 0.183. The normalized spacial score (nSPS) is 11.0. The fourth-order valence-electron chi connectivity index (χ4n) is 2.58. The molecule has 0 saturated heterocycles. The number of halogens is 3. The number of hydrogen-bond acceptors (Lipinski definition) is 0. The molecule has 0 aromatic heterocycles. The Morgan fingerprint density at radius 1 is 1.00 bits per heavy atom. The lowest BCUT2D eigenvalue weighted by Crippen LogP contribution is -2.15. The summed E-state index contributed by atoms with van der Waals surface area (Å²) in [5.74, 6) is 2.61. The molecule has 0 aliphatic rings. The Kier molecular flexibility index (Phi) is 6.12. The zero-order chi connectivity index (χ0) is 18.9. The minimum absolute atomic E-state index is 0.0257. The molecule has 0 aliphatic heterocycles. The van der Waals surface area contributed by atoms with E-state index in [1.807, 2.05) is 19.1 Å². The van der Waals surface area contributed by atoms with Crippen LogP contribution in [0.25, 0.3) is 5.53 Å². The molecular formula is C20H17Br3N2. The molecule has 2 aromatic carbocycles. The molecule has 0 heterocycles. The average Bonchev–Trinajstić information content (AvgIpc) is 2.50. The Morgan fingerprint density at radius 3 is 1.92 bits per heavy atom. The van der Waals surface area contributed by atoms with Gasteiger partial charge in [0.25, 0.3) is 0 Å². The van der Waals surface area contributed by atoms with Crippen molar-refractivity contribution < 1.29 is 4.79 Å². The van der Waals surface area contributed by atoms with Crippen molar-refractivity contribution in [1.82, 2.24) is 0 Å². The molecule has 0 unspecified atom stereocenters. The van der Waals surface area contributed by atoms with Crippen molar-refractivity contribution in [3.05, 3.63) is 71.0 Å². The van der Waals surface area contributed by atoms with E-state index in [2.05, 4.69) is 91.4 Å². The molecule has 128 valence electrons. The van der Waals surface area contributed by atoms with E-state index in [1.54, 1.807) is 0 Å². The van der Waals surface area contributed by atoms with Gasteiger partial charge in [-0.15, -0.1) is 6.42 Å². The Hall–Kier alpha value is -1.18. The van der Waals surface area contributed by atoms with Gasteiger partial charge in [-0.3, -0.25) is 0 Å². The Morgan fingerprint density at radius 2 is 1.52 bits per heavy atom. The van der Waals surface area contributed by atoms with Gasteiger partial charge in [0.05, 0.1) is 11.1 Å². The second-order valence-electron chi connectivity index (χ2n) is 6.81. The number of terminal acetylenes is 1. The maximum atomic E-state index is 9.77. The van der Waals surface area contributed by atoms with E-state index >= 15 is 0 Å². The minimum Gasteiger partial charge on any atom is -0.361 e. The summed E-state index contributed by atoms with van der Waals surface area (Å²) in [5.41, 5.74) is 14.8. The molecule has 2 aromatic rings. The standard InChI is InChI=1S/C20H17Br3N2/c1-6-12-8-14(21)18(15(22)9-12)19(25-24)17-11(2)7-13(10-16(17)23)20(3,4)5/h1,7-10H,2-5H3. The third-order valence-corrected chi connectivity index (χ3v) is 5.81. The highest BCUT2D eigenvalue weighted by molar-refractivity contribution is 9.11. The third kappa shape index (κ3) is 4.15. The summed E-state index contributed by atoms with van der Waals surface area (Å²) in [6.45, 7) is 8.51. The van der Waals surface area contributed by atoms with E-state index in [4.69, 9.17) is 6.42 Å². The number of aryl methyl sites for hydroxylation is 1. The predicted molar refractivity (Wildman–Crippen MR) is 114 cm³/mol. The maximum Gasteiger partial charge on any atom is 0.333 e. The zero-order valence-corrected chi connectivity index (χ0v) is 19.2. The van der Waals surface area contributed by atoms with E-state index in [0.717, 1.165) is 35.7 Å². The van der Waals surface area contributed by atoms with Crippen molar-refractivity contribution in [3.8, 4) is 12.3 Å². The first-order valence-electron chi connectivity index (χ1n) is 7.59. The van der Waals surface area contributed by atoms with Gasteiger partial charge in [0, 0.05) is 19.0 Å². The minimum atomic E-state index is 0.0257. The Labute approximate surface area is 174 Å². The molecule has 0 amide bonds. The molecule has 0 spiro atoms. The van der Waals surface area contributed by atoms with Crippen LogP contribution in [0.1, 0.15) is 48.6 Å². The molecule has 0 radical (unpaired) electrons. The topological polar surface area (TPSA) is 36.4 Å². The largest absolute Gasteiger partial charge is 0.361 e. The third-order valence-electron chi connectivity index (χ3n) is 3.94. The van der Waals surface area contributed by atoms with Crippen LogP contribution in [0.5, 0.6) is 0 Å². The monoisotopic (exact) mass is 522 g/mol. The summed E-state index contributed by atoms with van der Waals surface area (Å²) in [6, 6.07) is 7.87. The van der Waals surface area contributed by atoms with Crippen LogP contribution in [-0.4, -0.2) is 10.5 Å². The molecule has 0 atom stereocenters. The predicted octanol–water partition coefficient (Wildman–Crippen LogP) is 6.63. The van der Waals surface area contributed by atoms with Gasteiger partial charge in [-0.05, 0) is 89.5 Å². The van der Waals surface area contributed by atoms with Gasteiger partial charge in [0.15, 0.2) is 0 Å². The number of hydrogen-bond donors (Lipinski definition) is 0. The molecule has 5 heteroatoms. The summed E-state index contributed by atoms with van der Waals surface area (Å²) in [4.78, 5) is 3.59. The van der Waals surface area contributed by atoms with Crippen LogP contribution < -0.4 is 0 Å². The van der Waals surface area contributed by atoms with Gasteiger partial charge in [-0.2, -0.15) is 4.79 Å². The molecular weight excluding hydrogens is 508 g/mol. The van der Waals surface area contributed by atoms with Crippen LogP contribution in [0.15, 0.2) is 37.7 Å². The van der Waals surface area contributed by atoms with Crippen LogP contribution in [0.2, 0.25) is 0 Å². The van der Waals surface area contributed by atoms with Gasteiger partial charge in [-0.25, -0.2) is 0 Å². The molecule has 0 N–H and O–H groups in total. The highest BCUT2D eigenvalue weighted by Crippen LogP contribution is 2.35. The number of nitrogens with zero attached hydrogens (tertiary/aromatic N) is 2. The van der Waals surface area contributed by atoms with Gasteiger partial charge in [0.2, 0.25) is 0 Å². The Balaban J connectivity index is 2.74. The summed E-state index contributed by atoms with van der Waals surface area (Å²) < 4.78 is 2.40. The Bertz CT molecular complexity index is 894. The molecule has 0 saturated carbocycles. The fraction of sp³-hybridized carbons (Fsp3) is 0.250. The van der Waals surface area contributed by atoms with Crippen molar-refractivity contribution in [1.29, 1.82) is 0 Å². The lowest BCUT2D eigenvalue weighted by molar-refractivity contribution is -0.00299. The molecule has 25 heavy (non-hydrogen) atoms. The SMILES string of the molecule is C#Cc1cc(Br)c(C(=[N+]=[N-])c2c(C)cc(C(C)(C)C)cc2Br)c(Br)c1. The molecule has 0 fully saturated rings. The van der Waals surface area contributed by atoms with Gasteiger partial charge >= 0.3 is 5.71 Å². The van der Waals surface area contributed by atoms with Crippen LogP contribution in [-0.2, 0) is 5.41 Å². The van der Waals surface area contributed by atoms with Gasteiger partial charge in [-0.1, -0.05) is 32.8 Å². The summed E-state index contributed by atoms with van der Waals surface area (Å²) in [5, 5.41) is 0. The van der Waals surface area contributed by atoms with E-state index in [-0.39, 0.29) is 5.41 Å². The average molecular weight is 525 g/mol. The highest BCUT2D eigenvalue weighted by atomic mass is 79.9. The molecule has 0 bridgehead atoms. The lowest BCUT2D eigenvalue weighted by Gasteiger charge is -2.21. The summed E-state index contributed by atoms with van der Waals surface area (Å²) >= 11 is 10.7. The van der Waals surface area contributed by atoms with Crippen LogP contribution in [0.4, 0.5) is 0 Å². The summed E-state index contributed by atoms with van der Waals surface area (Å²) in [7, 11) is 0. The van der Waals surface area contributed by atoms with E-state index in [0.29, 0.717) is 5.71 Å². The first-order valence-corrected chi connectivity index (χ1v) is 9.97. The molecule has 2 rings (SSSR count). The van der Waals surface area contributed by atoms with E-state index in [9.17, 15) is 5.53 Å². The van der Waals surface area contributed by atoms with Crippen molar-refractivity contribution in [3.63, 3.8) is 0 Å². The molecule has 2 nitrogen and oxygen atoms in total. The van der Waals surface area contributed by atoms with E-state index < -0.39 is 0 Å². The van der Waals surface area contributed by atoms with Crippen LogP contribution in [0.3, 0.4) is 0 Å². The van der Waals surface area contributed by atoms with Gasteiger partial charge < -0.3 is 5.53 Å². The smallest absolute Gasteiger partial charge is 0.333 e. The highest BCUT2D eigenvalue weighted by Gasteiger charge is 2.28. The van der Waals surface area contributed by atoms with Crippen molar-refractivity contribution in [2.75, 3.05) is 0 Å². The summed E-state index contributed by atoms with van der Waals surface area (Å²) in [6.07, 6.45) is 5.48. The van der Waals surface area contributed by atoms with Crippen molar-refractivity contribution in [2.24, 2.45) is 0 Å². The van der Waals surface area contributed by atoms with Crippen LogP contribution in [0, 0.1) is 19.3 Å². The van der Waals surface area contributed by atoms with E-state index in [1.165, 1.54) is 5.56 Å². The number of rotatable bonds is 2. The van der Waals surface area contributed by atoms with Crippen molar-refractivity contribution in [2.45, 2.75) is 33.1 Å². The first kappa shape index (κ1) is 20.1. The van der Waals surface area contributed by atoms with Gasteiger partial charge in [0.1, 0.15) is 0 Å². The van der Waals surface area contributed by atoms with Crippen molar-refractivity contribution >= 4 is 53.5 Å². The maximum absolute atomic E-state index is 9.77. The second-order valence-corrected chi connectivity index (χ2v) is 9.37. The fourth-order valence-corrected chi connectivity index (χ4v) is 4.89. The second kappa shape index (κ2) is 7.60. The molecule has 0 aliphatic carbocycles. The first-order chi connectivity index (χ1) is 11.6. The van der Waals surface area contributed by atoms with Crippen LogP contribution >= 0.6 is 47.8 Å². The zero-order valence-electron chi connectivity index (χ0n) is 14.4. The number of benzene rings is 2. The lowest BCUT2D eigenvalue weighted by atomic mass is 9.84.